The van der Waals surface area contributed by atoms with Gasteiger partial charge in [-0.1, -0.05) is 34.6 Å². The first-order valence-corrected chi connectivity index (χ1v) is 9.30. The van der Waals surface area contributed by atoms with Crippen molar-refractivity contribution in [2.24, 2.45) is 17.1 Å². The van der Waals surface area contributed by atoms with Gasteiger partial charge < -0.3 is 15.8 Å². The van der Waals surface area contributed by atoms with Crippen LogP contribution in [0.15, 0.2) is 0 Å². The third-order valence-corrected chi connectivity index (χ3v) is 4.96. The summed E-state index contributed by atoms with van der Waals surface area (Å²) < 4.78 is 5.36. The van der Waals surface area contributed by atoms with Crippen molar-refractivity contribution in [3.8, 4) is 0 Å². The predicted molar refractivity (Wildman–Crippen MR) is 104 cm³/mol. The van der Waals surface area contributed by atoms with E-state index >= 15 is 0 Å². The molecule has 0 aliphatic carbocycles. The number of imide groups is 1. The fourth-order valence-electron chi connectivity index (χ4n) is 2.11. The third-order valence-electron chi connectivity index (χ3n) is 3.84. The lowest BCUT2D eigenvalue weighted by Gasteiger charge is -2.21. The number of hydrogen-bond acceptors (Lipinski definition) is 6. The molecular formula is C18H27N3O5S. The zero-order valence-electron chi connectivity index (χ0n) is 16.7. The van der Waals surface area contributed by atoms with Gasteiger partial charge in [0.05, 0.1) is 5.56 Å². The molecule has 9 heteroatoms. The van der Waals surface area contributed by atoms with Gasteiger partial charge in [0, 0.05) is 10.3 Å². The van der Waals surface area contributed by atoms with Gasteiger partial charge in [-0.2, -0.15) is 0 Å². The van der Waals surface area contributed by atoms with Crippen molar-refractivity contribution >= 4 is 40.2 Å². The highest BCUT2D eigenvalue weighted by molar-refractivity contribution is 7.16. The van der Waals surface area contributed by atoms with Gasteiger partial charge in [0.25, 0.3) is 5.91 Å². The normalized spacial score (nSPS) is 12.4. The van der Waals surface area contributed by atoms with Gasteiger partial charge >= 0.3 is 12.0 Å². The number of primary amides is 1. The van der Waals surface area contributed by atoms with E-state index in [9.17, 15) is 19.2 Å². The first kappa shape index (κ1) is 22.6. The SMILES string of the molecule is Cc1sc(NC(=O)C(C)(C)C)c(C(=O)OC(C(=O)NC(N)=O)C(C)C)c1C. The zero-order valence-corrected chi connectivity index (χ0v) is 17.5. The number of hydrogen-bond donors (Lipinski definition) is 3. The molecule has 4 N–H and O–H groups in total. The van der Waals surface area contributed by atoms with Gasteiger partial charge in [0.15, 0.2) is 6.10 Å². The second kappa shape index (κ2) is 8.51. The van der Waals surface area contributed by atoms with Crippen LogP contribution in [-0.4, -0.2) is 29.9 Å². The number of anilines is 1. The molecule has 1 unspecified atom stereocenters. The average Bonchev–Trinajstić information content (AvgIpc) is 2.77. The van der Waals surface area contributed by atoms with Gasteiger partial charge in [-0.05, 0) is 25.3 Å². The maximum absolute atomic E-state index is 12.8. The van der Waals surface area contributed by atoms with Crippen molar-refractivity contribution in [2.75, 3.05) is 5.32 Å². The molecule has 1 atom stereocenters. The van der Waals surface area contributed by atoms with Gasteiger partial charge in [0.2, 0.25) is 5.91 Å². The minimum Gasteiger partial charge on any atom is -0.448 e. The molecule has 0 fully saturated rings. The van der Waals surface area contributed by atoms with Crippen LogP contribution in [0, 0.1) is 25.2 Å². The molecule has 0 aliphatic heterocycles. The fourth-order valence-corrected chi connectivity index (χ4v) is 3.15. The van der Waals surface area contributed by atoms with Crippen molar-refractivity contribution < 1.29 is 23.9 Å². The summed E-state index contributed by atoms with van der Waals surface area (Å²) in [6.45, 7) is 12.2. The summed E-state index contributed by atoms with van der Waals surface area (Å²) >= 11 is 1.26. The van der Waals surface area contributed by atoms with E-state index in [2.05, 4.69) is 5.32 Å². The van der Waals surface area contributed by atoms with Crippen LogP contribution >= 0.6 is 11.3 Å². The predicted octanol–water partition coefficient (Wildman–Crippen LogP) is 2.73. The number of amides is 4. The maximum atomic E-state index is 12.8. The summed E-state index contributed by atoms with van der Waals surface area (Å²) in [4.78, 5) is 48.9. The van der Waals surface area contributed by atoms with Crippen LogP contribution in [0.3, 0.4) is 0 Å². The Morgan fingerprint density at radius 3 is 2.11 bits per heavy atom. The molecule has 8 nitrogen and oxygen atoms in total. The number of urea groups is 1. The van der Waals surface area contributed by atoms with Crippen LogP contribution in [0.2, 0.25) is 0 Å². The van der Waals surface area contributed by atoms with E-state index in [1.807, 2.05) is 12.2 Å². The Balaban J connectivity index is 3.17. The van der Waals surface area contributed by atoms with E-state index in [1.165, 1.54) is 11.3 Å². The summed E-state index contributed by atoms with van der Waals surface area (Å²) in [6, 6.07) is -1.03. The number of esters is 1. The second-order valence-corrected chi connectivity index (χ2v) is 8.84. The van der Waals surface area contributed by atoms with E-state index in [0.29, 0.717) is 10.6 Å². The van der Waals surface area contributed by atoms with Crippen LogP contribution in [0.5, 0.6) is 0 Å². The Hall–Kier alpha value is -2.42. The molecule has 150 valence electrons. The molecule has 0 saturated heterocycles. The summed E-state index contributed by atoms with van der Waals surface area (Å²) in [5, 5.41) is 5.05. The number of nitrogens with one attached hydrogen (secondary N) is 2. The van der Waals surface area contributed by atoms with E-state index in [-0.39, 0.29) is 17.4 Å². The van der Waals surface area contributed by atoms with Crippen molar-refractivity contribution in [2.45, 2.75) is 54.6 Å². The Bertz CT molecular complexity index is 762. The van der Waals surface area contributed by atoms with E-state index < -0.39 is 29.4 Å². The molecule has 1 aromatic heterocycles. The molecule has 1 aromatic rings. The molecular weight excluding hydrogens is 370 g/mol. The molecule has 27 heavy (non-hydrogen) atoms. The van der Waals surface area contributed by atoms with Crippen molar-refractivity contribution in [1.82, 2.24) is 5.32 Å². The van der Waals surface area contributed by atoms with E-state index in [0.717, 1.165) is 4.88 Å². The minimum absolute atomic E-state index is 0.202. The largest absolute Gasteiger partial charge is 0.448 e. The fraction of sp³-hybridized carbons (Fsp3) is 0.556. The number of aryl methyl sites for hydroxylation is 1. The van der Waals surface area contributed by atoms with Crippen LogP contribution in [-0.2, 0) is 14.3 Å². The molecule has 0 spiro atoms. The monoisotopic (exact) mass is 397 g/mol. The number of ether oxygens (including phenoxy) is 1. The van der Waals surface area contributed by atoms with Crippen LogP contribution < -0.4 is 16.4 Å². The zero-order chi connectivity index (χ0) is 21.1. The lowest BCUT2D eigenvalue weighted by molar-refractivity contribution is -0.131. The molecule has 1 rings (SSSR count). The average molecular weight is 397 g/mol. The first-order valence-electron chi connectivity index (χ1n) is 8.48. The van der Waals surface area contributed by atoms with Crippen molar-refractivity contribution in [3.05, 3.63) is 16.0 Å². The van der Waals surface area contributed by atoms with Crippen molar-refractivity contribution in [3.63, 3.8) is 0 Å². The van der Waals surface area contributed by atoms with Gasteiger partial charge in [-0.3, -0.25) is 14.9 Å². The van der Waals surface area contributed by atoms with E-state index in [4.69, 9.17) is 10.5 Å². The molecule has 0 radical (unpaired) electrons. The van der Waals surface area contributed by atoms with Gasteiger partial charge in [0.1, 0.15) is 5.00 Å². The smallest absolute Gasteiger partial charge is 0.342 e. The number of thiophene rings is 1. The van der Waals surface area contributed by atoms with Gasteiger partial charge in [-0.15, -0.1) is 11.3 Å². The molecule has 1 heterocycles. The number of nitrogens with two attached hydrogens (primary N) is 1. The summed E-state index contributed by atoms with van der Waals surface area (Å²) in [7, 11) is 0. The van der Waals surface area contributed by atoms with Crippen molar-refractivity contribution in [1.29, 1.82) is 0 Å². The summed E-state index contributed by atoms with van der Waals surface area (Å²) in [5.74, 6) is -2.18. The van der Waals surface area contributed by atoms with E-state index in [1.54, 1.807) is 41.5 Å². The highest BCUT2D eigenvalue weighted by Crippen LogP contribution is 2.34. The number of carbonyl (C=O) groups excluding carboxylic acids is 4. The highest BCUT2D eigenvalue weighted by atomic mass is 32.1. The molecule has 0 aliphatic rings. The Kier molecular flexibility index (Phi) is 7.13. The molecule has 4 amide bonds. The van der Waals surface area contributed by atoms with Gasteiger partial charge in [-0.25, -0.2) is 9.59 Å². The lowest BCUT2D eigenvalue weighted by Crippen LogP contribution is -2.45. The molecule has 0 saturated carbocycles. The van der Waals surface area contributed by atoms with Crippen LogP contribution in [0.4, 0.5) is 9.80 Å². The third kappa shape index (κ3) is 5.78. The standard InChI is InChI=1S/C18H27N3O5S/c1-8(2)12(13(22)20-17(19)25)26-15(23)11-9(3)10(4)27-14(11)21-16(24)18(5,6)7/h8,12H,1-7H3,(H,21,24)(H3,19,20,22,25). The molecule has 0 bridgehead atoms. The summed E-state index contributed by atoms with van der Waals surface area (Å²) in [6.07, 6.45) is -1.20. The minimum atomic E-state index is -1.20. The summed E-state index contributed by atoms with van der Waals surface area (Å²) in [5.41, 5.74) is 5.18. The first-order chi connectivity index (χ1) is 12.3. The highest BCUT2D eigenvalue weighted by Gasteiger charge is 2.32. The number of rotatable bonds is 5. The molecule has 0 aromatic carbocycles. The quantitative estimate of drug-likeness (QED) is 0.658. The topological polar surface area (TPSA) is 128 Å². The van der Waals surface area contributed by atoms with Crippen LogP contribution in [0.1, 0.15) is 55.4 Å². The van der Waals surface area contributed by atoms with Crippen LogP contribution in [0.25, 0.3) is 0 Å². The maximum Gasteiger partial charge on any atom is 0.342 e. The number of carbonyl (C=O) groups is 4. The second-order valence-electron chi connectivity index (χ2n) is 7.61. The Morgan fingerprint density at radius 2 is 1.67 bits per heavy atom. The Labute approximate surface area is 162 Å². The lowest BCUT2D eigenvalue weighted by atomic mass is 9.96. The Morgan fingerprint density at radius 1 is 1.11 bits per heavy atom.